The van der Waals surface area contributed by atoms with E-state index in [0.29, 0.717) is 42.6 Å². The smallest absolute Gasteiger partial charge is 0.243 e. The molecule has 0 N–H and O–H groups in total. The summed E-state index contributed by atoms with van der Waals surface area (Å²) < 4.78 is 27.9. The summed E-state index contributed by atoms with van der Waals surface area (Å²) in [5.74, 6) is 0.701. The van der Waals surface area contributed by atoms with E-state index in [4.69, 9.17) is 4.84 Å². The van der Waals surface area contributed by atoms with Gasteiger partial charge in [0.05, 0.1) is 4.90 Å². The number of hydrogen-bond acceptors (Lipinski definition) is 5. The Labute approximate surface area is 164 Å². The van der Waals surface area contributed by atoms with Gasteiger partial charge in [-0.2, -0.15) is 4.31 Å². The minimum Gasteiger partial charge on any atom is -0.390 e. The standard InChI is InChI=1S/C20H24N4O3S/c1-15-10-16(2)13-23(12-15)28(25,26)18-8-9-19-20(11-18)24(22-21-19)27-14-17-6-4-3-5-7-17/h3-9,11,15-16H,10,12-14H2,1-2H3/t15-,16-/m0/s1. The highest BCUT2D eigenvalue weighted by molar-refractivity contribution is 7.89. The lowest BCUT2D eigenvalue weighted by Gasteiger charge is -2.34. The van der Waals surface area contributed by atoms with Gasteiger partial charge in [0.2, 0.25) is 10.0 Å². The summed E-state index contributed by atoms with van der Waals surface area (Å²) in [7, 11) is -3.57. The van der Waals surface area contributed by atoms with E-state index < -0.39 is 10.0 Å². The van der Waals surface area contributed by atoms with Crippen LogP contribution in [0.3, 0.4) is 0 Å². The van der Waals surface area contributed by atoms with Crippen molar-refractivity contribution in [2.75, 3.05) is 13.1 Å². The molecule has 0 spiro atoms. The summed E-state index contributed by atoms with van der Waals surface area (Å²) in [6.45, 7) is 5.60. The second-order valence-corrected chi connectivity index (χ2v) is 9.58. The molecule has 1 aromatic heterocycles. The van der Waals surface area contributed by atoms with Gasteiger partial charge in [0.15, 0.2) is 0 Å². The van der Waals surface area contributed by atoms with Crippen LogP contribution in [-0.4, -0.2) is 41.0 Å². The van der Waals surface area contributed by atoms with Crippen LogP contribution >= 0.6 is 0 Å². The zero-order chi connectivity index (χ0) is 19.7. The molecule has 0 bridgehead atoms. The van der Waals surface area contributed by atoms with Gasteiger partial charge in [-0.3, -0.25) is 0 Å². The number of rotatable bonds is 5. The van der Waals surface area contributed by atoms with E-state index in [1.165, 1.54) is 4.85 Å². The molecule has 4 rings (SSSR count). The molecule has 148 valence electrons. The van der Waals surface area contributed by atoms with Crippen molar-refractivity contribution in [3.8, 4) is 0 Å². The molecule has 0 saturated carbocycles. The summed E-state index contributed by atoms with van der Waals surface area (Å²) >= 11 is 0. The van der Waals surface area contributed by atoms with Crippen LogP contribution in [0.5, 0.6) is 0 Å². The Hall–Kier alpha value is -2.45. The molecule has 7 nitrogen and oxygen atoms in total. The predicted octanol–water partition coefficient (Wildman–Crippen LogP) is 2.73. The zero-order valence-corrected chi connectivity index (χ0v) is 16.8. The Balaban J connectivity index is 1.61. The summed E-state index contributed by atoms with van der Waals surface area (Å²) in [6, 6.07) is 14.6. The number of piperidine rings is 1. The molecule has 1 aliphatic heterocycles. The highest BCUT2D eigenvalue weighted by Gasteiger charge is 2.32. The molecule has 0 radical (unpaired) electrons. The van der Waals surface area contributed by atoms with Gasteiger partial charge < -0.3 is 4.84 Å². The Morgan fingerprint density at radius 1 is 1.07 bits per heavy atom. The second kappa shape index (κ2) is 7.52. The van der Waals surface area contributed by atoms with Gasteiger partial charge in [0.25, 0.3) is 0 Å². The SMILES string of the molecule is C[C@H]1C[C@H](C)CN(S(=O)(=O)c2ccc3nnn(OCc4ccccc4)c3c2)C1. The lowest BCUT2D eigenvalue weighted by atomic mass is 9.94. The molecule has 2 aromatic carbocycles. The minimum atomic E-state index is -3.57. The van der Waals surface area contributed by atoms with Crippen LogP contribution in [0.2, 0.25) is 0 Å². The summed E-state index contributed by atoms with van der Waals surface area (Å²) in [5, 5.41) is 8.08. The maximum atomic E-state index is 13.2. The predicted molar refractivity (Wildman–Crippen MR) is 106 cm³/mol. The third-order valence-corrected chi connectivity index (χ3v) is 6.88. The molecule has 1 aliphatic rings. The highest BCUT2D eigenvalue weighted by atomic mass is 32.2. The van der Waals surface area contributed by atoms with Gasteiger partial charge in [0.1, 0.15) is 17.6 Å². The summed E-state index contributed by atoms with van der Waals surface area (Å²) in [4.78, 5) is 7.27. The van der Waals surface area contributed by atoms with Crippen molar-refractivity contribution >= 4 is 21.1 Å². The molecule has 0 unspecified atom stereocenters. The number of benzene rings is 2. The molecule has 1 fully saturated rings. The number of aromatic nitrogens is 3. The lowest BCUT2D eigenvalue weighted by molar-refractivity contribution is 0.0751. The first-order valence-corrected chi connectivity index (χ1v) is 10.9. The molecule has 28 heavy (non-hydrogen) atoms. The highest BCUT2D eigenvalue weighted by Crippen LogP contribution is 2.27. The van der Waals surface area contributed by atoms with Gasteiger partial charge >= 0.3 is 0 Å². The maximum Gasteiger partial charge on any atom is 0.243 e. The maximum absolute atomic E-state index is 13.2. The average Bonchev–Trinajstić information content (AvgIpc) is 3.09. The normalized spacial score (nSPS) is 21.1. The van der Waals surface area contributed by atoms with E-state index >= 15 is 0 Å². The second-order valence-electron chi connectivity index (χ2n) is 7.64. The number of fused-ring (bicyclic) bond motifs is 1. The topological polar surface area (TPSA) is 77.3 Å². The zero-order valence-electron chi connectivity index (χ0n) is 16.0. The van der Waals surface area contributed by atoms with Crippen LogP contribution in [0.1, 0.15) is 25.8 Å². The molecule has 0 amide bonds. The van der Waals surface area contributed by atoms with Crippen LogP contribution in [0.25, 0.3) is 11.0 Å². The van der Waals surface area contributed by atoms with Crippen molar-refractivity contribution in [3.05, 3.63) is 54.1 Å². The number of hydrogen-bond donors (Lipinski definition) is 0. The lowest BCUT2D eigenvalue weighted by Crippen LogP contribution is -2.42. The van der Waals surface area contributed by atoms with Crippen LogP contribution in [-0.2, 0) is 16.6 Å². The fourth-order valence-corrected chi connectivity index (χ4v) is 5.49. The van der Waals surface area contributed by atoms with Crippen molar-refractivity contribution in [2.24, 2.45) is 11.8 Å². The Morgan fingerprint density at radius 2 is 1.79 bits per heavy atom. The Bertz CT molecular complexity index is 1060. The van der Waals surface area contributed by atoms with E-state index in [2.05, 4.69) is 24.2 Å². The Kier molecular flexibility index (Phi) is 5.07. The van der Waals surface area contributed by atoms with Gasteiger partial charge in [-0.15, -0.1) is 5.10 Å². The van der Waals surface area contributed by atoms with Crippen LogP contribution in [0.15, 0.2) is 53.4 Å². The summed E-state index contributed by atoms with van der Waals surface area (Å²) in [5.41, 5.74) is 2.12. The van der Waals surface area contributed by atoms with Crippen molar-refractivity contribution in [3.63, 3.8) is 0 Å². The molecular weight excluding hydrogens is 376 g/mol. The van der Waals surface area contributed by atoms with Crippen molar-refractivity contribution in [2.45, 2.75) is 31.8 Å². The van der Waals surface area contributed by atoms with Crippen LogP contribution < -0.4 is 4.84 Å². The molecule has 2 heterocycles. The third-order valence-electron chi connectivity index (χ3n) is 5.06. The molecule has 3 aromatic rings. The van der Waals surface area contributed by atoms with Gasteiger partial charge in [-0.1, -0.05) is 49.0 Å². The number of sulfonamides is 1. The van der Waals surface area contributed by atoms with Crippen molar-refractivity contribution < 1.29 is 13.3 Å². The van der Waals surface area contributed by atoms with E-state index in [1.807, 2.05) is 30.3 Å². The molecular formula is C20H24N4O3S. The largest absolute Gasteiger partial charge is 0.390 e. The minimum absolute atomic E-state index is 0.244. The molecule has 2 atom stereocenters. The van der Waals surface area contributed by atoms with E-state index in [0.717, 1.165) is 12.0 Å². The van der Waals surface area contributed by atoms with Crippen molar-refractivity contribution in [1.82, 2.24) is 19.5 Å². The van der Waals surface area contributed by atoms with Gasteiger partial charge in [-0.25, -0.2) is 8.42 Å². The van der Waals surface area contributed by atoms with E-state index in [-0.39, 0.29) is 4.90 Å². The summed E-state index contributed by atoms with van der Waals surface area (Å²) in [6.07, 6.45) is 1.05. The first-order valence-electron chi connectivity index (χ1n) is 9.46. The van der Waals surface area contributed by atoms with E-state index in [9.17, 15) is 8.42 Å². The van der Waals surface area contributed by atoms with Crippen LogP contribution in [0, 0.1) is 11.8 Å². The first kappa shape index (κ1) is 18.9. The average molecular weight is 401 g/mol. The molecule has 0 aliphatic carbocycles. The first-order chi connectivity index (χ1) is 13.4. The quantitative estimate of drug-likeness (QED) is 0.658. The molecule has 8 heteroatoms. The monoisotopic (exact) mass is 400 g/mol. The molecule has 1 saturated heterocycles. The Morgan fingerprint density at radius 3 is 2.50 bits per heavy atom. The van der Waals surface area contributed by atoms with Gasteiger partial charge in [0, 0.05) is 13.1 Å². The fraction of sp³-hybridized carbons (Fsp3) is 0.400. The van der Waals surface area contributed by atoms with Crippen LogP contribution in [0.4, 0.5) is 0 Å². The van der Waals surface area contributed by atoms with E-state index in [1.54, 1.807) is 22.5 Å². The fourth-order valence-electron chi connectivity index (χ4n) is 3.79. The van der Waals surface area contributed by atoms with Gasteiger partial charge in [-0.05, 0) is 47.2 Å². The number of nitrogens with zero attached hydrogens (tertiary/aromatic N) is 4. The van der Waals surface area contributed by atoms with Crippen molar-refractivity contribution in [1.29, 1.82) is 0 Å². The third kappa shape index (κ3) is 3.74.